The normalized spacial score (nSPS) is 19.2. The summed E-state index contributed by atoms with van der Waals surface area (Å²) in [5.41, 5.74) is 2.82. The lowest BCUT2D eigenvalue weighted by molar-refractivity contribution is -0.212. The van der Waals surface area contributed by atoms with Crippen LogP contribution in [0.25, 0.3) is 0 Å². The summed E-state index contributed by atoms with van der Waals surface area (Å²) in [4.78, 5) is 39.5. The number of aliphatic carboxylic acids is 1. The van der Waals surface area contributed by atoms with Crippen molar-refractivity contribution in [3.8, 4) is 0 Å². The van der Waals surface area contributed by atoms with Crippen molar-refractivity contribution >= 4 is 23.5 Å². The Kier molecular flexibility index (Phi) is 10.7. The molecule has 4 aromatic rings. The van der Waals surface area contributed by atoms with Gasteiger partial charge in [-0.15, -0.1) is 0 Å². The topological polar surface area (TPSA) is 125 Å². The maximum absolute atomic E-state index is 13.7. The number of nitrogens with zero attached hydrogens (tertiary/aromatic N) is 1. The Bertz CT molecular complexity index is 1780. The third-order valence-corrected chi connectivity index (χ3v) is 9.44. The van der Waals surface area contributed by atoms with E-state index < -0.39 is 47.2 Å². The SMILES string of the molecule is O=C(COC1(CCc2ccc([C@@H]3[C@@H](CCC(O)c4ccc(F)cc4)C(=O)N3c3ccc(F)cc3)cc2)COC1)N[C@@H](C(=O)O)c1ccccc1. The van der Waals surface area contributed by atoms with Gasteiger partial charge in [-0.3, -0.25) is 9.59 Å². The van der Waals surface area contributed by atoms with Crippen LogP contribution < -0.4 is 10.2 Å². The minimum absolute atomic E-state index is 0.122. The molecular formula is C39H38F2N2O7. The van der Waals surface area contributed by atoms with Crippen LogP contribution in [0.3, 0.4) is 0 Å². The molecule has 2 fully saturated rings. The van der Waals surface area contributed by atoms with E-state index in [1.165, 1.54) is 36.4 Å². The highest BCUT2D eigenvalue weighted by atomic mass is 19.1. The predicted molar refractivity (Wildman–Crippen MR) is 180 cm³/mol. The Morgan fingerprint density at radius 3 is 2.14 bits per heavy atom. The third kappa shape index (κ3) is 7.91. The minimum Gasteiger partial charge on any atom is -0.479 e. The Morgan fingerprint density at radius 1 is 0.900 bits per heavy atom. The minimum atomic E-state index is -1.19. The fourth-order valence-corrected chi connectivity index (χ4v) is 6.53. The standard InChI is InChI=1S/C39H38F2N2O7/c40-29-12-10-26(11-13-29)33(44)19-18-32-36(43(37(32)46)31-16-14-30(41)15-17-31)28-8-6-25(7-9-28)20-21-39(23-49-24-39)50-22-34(45)42-35(38(47)48)27-4-2-1-3-5-27/h1-17,32-33,35-36,44H,18-24H2,(H,42,45)(H,47,48)/t32-,33?,35-,36-/m1/s1. The fraction of sp³-hybridized carbons (Fsp3) is 0.308. The van der Waals surface area contributed by atoms with Crippen LogP contribution in [0.1, 0.15) is 59.7 Å². The van der Waals surface area contributed by atoms with Gasteiger partial charge in [-0.1, -0.05) is 66.7 Å². The number of aliphatic hydroxyl groups excluding tert-OH is 1. The first-order valence-electron chi connectivity index (χ1n) is 16.5. The van der Waals surface area contributed by atoms with E-state index in [0.717, 1.165) is 11.1 Å². The summed E-state index contributed by atoms with van der Waals surface area (Å²) in [6.45, 7) is 0.300. The molecule has 2 saturated heterocycles. The van der Waals surface area contributed by atoms with Crippen LogP contribution >= 0.6 is 0 Å². The van der Waals surface area contributed by atoms with Crippen molar-refractivity contribution in [2.24, 2.45) is 5.92 Å². The molecule has 260 valence electrons. The summed E-state index contributed by atoms with van der Waals surface area (Å²) in [5, 5.41) is 22.9. The molecule has 6 rings (SSSR count). The number of β-lactam (4-membered cyclic amide) rings is 1. The number of rotatable bonds is 15. The zero-order valence-electron chi connectivity index (χ0n) is 27.2. The molecule has 4 atom stereocenters. The number of benzene rings is 4. The van der Waals surface area contributed by atoms with Gasteiger partial charge in [0.15, 0.2) is 6.04 Å². The Balaban J connectivity index is 1.08. The second kappa shape index (κ2) is 15.3. The summed E-state index contributed by atoms with van der Waals surface area (Å²) >= 11 is 0. The number of halogens is 2. The average Bonchev–Trinajstić information content (AvgIpc) is 3.10. The molecule has 2 aliphatic heterocycles. The van der Waals surface area contributed by atoms with Crippen LogP contribution in [0.4, 0.5) is 14.5 Å². The second-order valence-electron chi connectivity index (χ2n) is 12.8. The van der Waals surface area contributed by atoms with Crippen LogP contribution in [0.15, 0.2) is 103 Å². The first kappa shape index (κ1) is 34.9. The molecular weight excluding hydrogens is 646 g/mol. The monoisotopic (exact) mass is 684 g/mol. The lowest BCUT2D eigenvalue weighted by atomic mass is 9.78. The first-order chi connectivity index (χ1) is 24.1. The van der Waals surface area contributed by atoms with E-state index in [1.807, 2.05) is 24.3 Å². The smallest absolute Gasteiger partial charge is 0.330 e. The molecule has 3 N–H and O–H groups in total. The zero-order valence-corrected chi connectivity index (χ0v) is 27.2. The van der Waals surface area contributed by atoms with E-state index in [-0.39, 0.29) is 18.6 Å². The molecule has 11 heteroatoms. The van der Waals surface area contributed by atoms with E-state index in [2.05, 4.69) is 5.32 Å². The number of amides is 2. The number of carboxylic acids is 1. The maximum Gasteiger partial charge on any atom is 0.330 e. The van der Waals surface area contributed by atoms with Gasteiger partial charge in [0.25, 0.3) is 0 Å². The zero-order chi connectivity index (χ0) is 35.3. The molecule has 0 aromatic heterocycles. The largest absolute Gasteiger partial charge is 0.479 e. The number of aryl methyl sites for hydroxylation is 1. The highest BCUT2D eigenvalue weighted by molar-refractivity contribution is 6.03. The maximum atomic E-state index is 13.7. The van der Waals surface area contributed by atoms with E-state index >= 15 is 0 Å². The number of hydrogen-bond donors (Lipinski definition) is 3. The van der Waals surface area contributed by atoms with Gasteiger partial charge < -0.3 is 29.9 Å². The average molecular weight is 685 g/mol. The van der Waals surface area contributed by atoms with Gasteiger partial charge in [-0.25, -0.2) is 13.6 Å². The molecule has 0 saturated carbocycles. The van der Waals surface area contributed by atoms with Crippen molar-refractivity contribution in [2.45, 2.75) is 49.5 Å². The molecule has 50 heavy (non-hydrogen) atoms. The third-order valence-electron chi connectivity index (χ3n) is 9.44. The molecule has 2 amide bonds. The number of anilines is 1. The molecule has 0 radical (unpaired) electrons. The molecule has 0 spiro atoms. The summed E-state index contributed by atoms with van der Waals surface area (Å²) in [6, 6.07) is 26.2. The quantitative estimate of drug-likeness (QED) is 0.134. The van der Waals surface area contributed by atoms with Crippen molar-refractivity contribution in [3.05, 3.63) is 137 Å². The van der Waals surface area contributed by atoms with Gasteiger partial charge in [-0.2, -0.15) is 0 Å². The number of ether oxygens (including phenoxy) is 2. The predicted octanol–water partition coefficient (Wildman–Crippen LogP) is 5.84. The lowest BCUT2D eigenvalue weighted by Gasteiger charge is -2.48. The highest BCUT2D eigenvalue weighted by Gasteiger charge is 2.48. The summed E-state index contributed by atoms with van der Waals surface area (Å²) in [7, 11) is 0. The van der Waals surface area contributed by atoms with Crippen LogP contribution in [-0.2, 0) is 30.3 Å². The van der Waals surface area contributed by atoms with Crippen LogP contribution in [0.5, 0.6) is 0 Å². The van der Waals surface area contributed by atoms with Gasteiger partial charge in [0, 0.05) is 5.69 Å². The molecule has 4 aromatic carbocycles. The Labute approximate surface area is 288 Å². The number of carbonyl (C=O) groups is 3. The fourth-order valence-electron chi connectivity index (χ4n) is 6.53. The first-order valence-corrected chi connectivity index (χ1v) is 16.5. The van der Waals surface area contributed by atoms with Crippen LogP contribution in [-0.4, -0.2) is 53.4 Å². The van der Waals surface area contributed by atoms with Gasteiger partial charge in [0.2, 0.25) is 11.8 Å². The molecule has 2 aliphatic rings. The molecule has 2 heterocycles. The van der Waals surface area contributed by atoms with E-state index in [1.54, 1.807) is 47.4 Å². The van der Waals surface area contributed by atoms with E-state index in [0.29, 0.717) is 55.7 Å². The summed E-state index contributed by atoms with van der Waals surface area (Å²) in [5.74, 6) is -3.05. The number of carbonyl (C=O) groups excluding carboxylic acids is 2. The number of aliphatic hydroxyl groups is 1. The summed E-state index contributed by atoms with van der Waals surface area (Å²) in [6.07, 6.45) is 1.02. The van der Waals surface area contributed by atoms with Gasteiger partial charge in [0.1, 0.15) is 23.8 Å². The molecule has 9 nitrogen and oxygen atoms in total. The van der Waals surface area contributed by atoms with E-state index in [9.17, 15) is 33.4 Å². The summed E-state index contributed by atoms with van der Waals surface area (Å²) < 4.78 is 38.5. The number of hydrogen-bond acceptors (Lipinski definition) is 6. The highest BCUT2D eigenvalue weighted by Crippen LogP contribution is 2.46. The van der Waals surface area contributed by atoms with Crippen molar-refractivity contribution in [1.29, 1.82) is 0 Å². The Morgan fingerprint density at radius 2 is 1.54 bits per heavy atom. The van der Waals surface area contributed by atoms with Crippen LogP contribution in [0.2, 0.25) is 0 Å². The Hall–Kier alpha value is -4.97. The number of nitrogens with one attached hydrogen (secondary N) is 1. The lowest BCUT2D eigenvalue weighted by Crippen LogP contribution is -2.55. The van der Waals surface area contributed by atoms with Crippen molar-refractivity contribution in [3.63, 3.8) is 0 Å². The molecule has 1 unspecified atom stereocenters. The van der Waals surface area contributed by atoms with Crippen LogP contribution in [0, 0.1) is 17.6 Å². The number of carboxylic acid groups (broad SMARTS) is 1. The van der Waals surface area contributed by atoms with Crippen molar-refractivity contribution < 1.29 is 42.9 Å². The van der Waals surface area contributed by atoms with E-state index in [4.69, 9.17) is 9.47 Å². The van der Waals surface area contributed by atoms with Crippen molar-refractivity contribution in [1.82, 2.24) is 5.32 Å². The van der Waals surface area contributed by atoms with Gasteiger partial charge in [-0.05, 0) is 84.3 Å². The van der Waals surface area contributed by atoms with Gasteiger partial charge in [0.05, 0.1) is 31.3 Å². The molecule has 0 aliphatic carbocycles. The van der Waals surface area contributed by atoms with Gasteiger partial charge >= 0.3 is 5.97 Å². The molecule has 0 bridgehead atoms. The van der Waals surface area contributed by atoms with Crippen molar-refractivity contribution in [2.75, 3.05) is 24.7 Å². The second-order valence-corrected chi connectivity index (χ2v) is 12.8.